The van der Waals surface area contributed by atoms with Gasteiger partial charge in [0.05, 0.1) is 5.69 Å². The highest BCUT2D eigenvalue weighted by atomic mass is 16.5. The summed E-state index contributed by atoms with van der Waals surface area (Å²) in [6.45, 7) is 0.419. The molecule has 1 aromatic heterocycles. The minimum atomic E-state index is -0.490. The van der Waals surface area contributed by atoms with Gasteiger partial charge >= 0.3 is 0 Å². The third kappa shape index (κ3) is 4.97. The average molecular weight is 412 g/mol. The van der Waals surface area contributed by atoms with Gasteiger partial charge in [-0.05, 0) is 72.3 Å². The van der Waals surface area contributed by atoms with Gasteiger partial charge in [-0.2, -0.15) is 5.10 Å². The molecule has 1 heterocycles. The van der Waals surface area contributed by atoms with Gasteiger partial charge in [0.2, 0.25) is 5.91 Å². The minimum absolute atomic E-state index is 0.173. The Morgan fingerprint density at radius 2 is 1.48 bits per heavy atom. The molecule has 0 fully saturated rings. The second-order valence-electron chi connectivity index (χ2n) is 6.81. The predicted molar refractivity (Wildman–Crippen MR) is 116 cm³/mol. The van der Waals surface area contributed by atoms with Crippen LogP contribution in [0.15, 0.2) is 91.3 Å². The Bertz CT molecular complexity index is 1170. The number of primary amides is 1. The van der Waals surface area contributed by atoms with Crippen molar-refractivity contribution in [3.05, 3.63) is 108 Å². The van der Waals surface area contributed by atoms with E-state index in [1.807, 2.05) is 36.5 Å². The second-order valence-corrected chi connectivity index (χ2v) is 6.81. The molecule has 0 unspecified atom stereocenters. The fraction of sp³-hybridized carbons (Fsp3) is 0.0417. The van der Waals surface area contributed by atoms with Crippen LogP contribution in [0, 0.1) is 0 Å². The maximum absolute atomic E-state index is 12.4. The van der Waals surface area contributed by atoms with Crippen molar-refractivity contribution in [3.63, 3.8) is 0 Å². The first-order valence-corrected chi connectivity index (χ1v) is 9.63. The molecule has 0 radical (unpaired) electrons. The highest BCUT2D eigenvalue weighted by Gasteiger charge is 2.07. The van der Waals surface area contributed by atoms with E-state index in [0.717, 1.165) is 11.3 Å². The summed E-state index contributed by atoms with van der Waals surface area (Å²) in [6.07, 6.45) is 3.60. The Labute approximate surface area is 179 Å². The summed E-state index contributed by atoms with van der Waals surface area (Å²) in [4.78, 5) is 23.6. The smallest absolute Gasteiger partial charge is 0.251 e. The largest absolute Gasteiger partial charge is 0.457 e. The van der Waals surface area contributed by atoms with Crippen molar-refractivity contribution in [1.29, 1.82) is 0 Å². The van der Waals surface area contributed by atoms with E-state index in [0.29, 0.717) is 29.2 Å². The average Bonchev–Trinajstić information content (AvgIpc) is 3.34. The SMILES string of the molecule is NC(=O)c1ccc(Oc2ccc(C(=O)NCc3ccc(-n4cccn4)cc3)cc2)cc1. The van der Waals surface area contributed by atoms with Crippen molar-refractivity contribution in [2.45, 2.75) is 6.54 Å². The lowest BCUT2D eigenvalue weighted by Gasteiger charge is -2.09. The summed E-state index contributed by atoms with van der Waals surface area (Å²) >= 11 is 0. The number of aromatic nitrogens is 2. The first-order chi connectivity index (χ1) is 15.1. The van der Waals surface area contributed by atoms with Gasteiger partial charge in [-0.15, -0.1) is 0 Å². The molecule has 0 aliphatic heterocycles. The van der Waals surface area contributed by atoms with Crippen LogP contribution in [-0.4, -0.2) is 21.6 Å². The van der Waals surface area contributed by atoms with Crippen LogP contribution in [0.2, 0.25) is 0 Å². The van der Waals surface area contributed by atoms with Gasteiger partial charge in [-0.3, -0.25) is 9.59 Å². The molecule has 4 aromatic rings. The third-order valence-corrected chi connectivity index (χ3v) is 4.65. The number of amides is 2. The van der Waals surface area contributed by atoms with Crippen LogP contribution in [0.3, 0.4) is 0 Å². The Morgan fingerprint density at radius 3 is 2.03 bits per heavy atom. The minimum Gasteiger partial charge on any atom is -0.457 e. The Kier molecular flexibility index (Phi) is 5.75. The molecule has 0 aliphatic rings. The van der Waals surface area contributed by atoms with Crippen LogP contribution in [0.4, 0.5) is 0 Å². The topological polar surface area (TPSA) is 99.2 Å². The molecule has 31 heavy (non-hydrogen) atoms. The van der Waals surface area contributed by atoms with Crippen LogP contribution < -0.4 is 15.8 Å². The van der Waals surface area contributed by atoms with Crippen molar-refractivity contribution in [2.75, 3.05) is 0 Å². The molecular weight excluding hydrogens is 392 g/mol. The monoisotopic (exact) mass is 412 g/mol. The number of carbonyl (C=O) groups is 2. The van der Waals surface area contributed by atoms with Crippen molar-refractivity contribution in [1.82, 2.24) is 15.1 Å². The molecule has 3 aromatic carbocycles. The Morgan fingerprint density at radius 1 is 0.871 bits per heavy atom. The number of ether oxygens (including phenoxy) is 1. The first kappa shape index (κ1) is 19.9. The number of nitrogens with one attached hydrogen (secondary N) is 1. The summed E-state index contributed by atoms with van der Waals surface area (Å²) in [6, 6.07) is 23.0. The van der Waals surface area contributed by atoms with Crippen LogP contribution >= 0.6 is 0 Å². The standard InChI is InChI=1S/C24H20N4O3/c25-23(29)18-4-10-21(11-5-18)31-22-12-6-19(7-13-22)24(30)26-16-17-2-8-20(9-3-17)28-15-1-14-27-28/h1-15H,16H2,(H2,25,29)(H,26,30). The van der Waals surface area contributed by atoms with E-state index in [1.54, 1.807) is 59.4 Å². The molecule has 2 amide bonds. The van der Waals surface area contributed by atoms with Gasteiger partial charge in [0, 0.05) is 30.1 Å². The Balaban J connectivity index is 1.32. The van der Waals surface area contributed by atoms with Crippen molar-refractivity contribution in [3.8, 4) is 17.2 Å². The van der Waals surface area contributed by atoms with E-state index in [1.165, 1.54) is 0 Å². The number of carbonyl (C=O) groups excluding carboxylic acids is 2. The fourth-order valence-corrected chi connectivity index (χ4v) is 2.97. The maximum atomic E-state index is 12.4. The number of hydrogen-bond acceptors (Lipinski definition) is 4. The number of nitrogens with two attached hydrogens (primary N) is 1. The van der Waals surface area contributed by atoms with Crippen LogP contribution in [0.5, 0.6) is 11.5 Å². The van der Waals surface area contributed by atoms with Gasteiger partial charge in [-0.1, -0.05) is 12.1 Å². The quantitative estimate of drug-likeness (QED) is 0.483. The lowest BCUT2D eigenvalue weighted by atomic mass is 10.1. The molecule has 154 valence electrons. The molecule has 0 saturated carbocycles. The number of nitrogens with zero attached hydrogens (tertiary/aromatic N) is 2. The summed E-state index contributed by atoms with van der Waals surface area (Å²) in [5, 5.41) is 7.10. The van der Waals surface area contributed by atoms with E-state index in [-0.39, 0.29) is 5.91 Å². The summed E-state index contributed by atoms with van der Waals surface area (Å²) < 4.78 is 7.50. The first-order valence-electron chi connectivity index (χ1n) is 9.63. The van der Waals surface area contributed by atoms with E-state index in [2.05, 4.69) is 10.4 Å². The molecule has 7 nitrogen and oxygen atoms in total. The van der Waals surface area contributed by atoms with Crippen LogP contribution in [-0.2, 0) is 6.54 Å². The number of benzene rings is 3. The summed E-state index contributed by atoms with van der Waals surface area (Å²) in [5.41, 5.74) is 8.12. The zero-order valence-corrected chi connectivity index (χ0v) is 16.6. The molecule has 0 bridgehead atoms. The molecular formula is C24H20N4O3. The summed E-state index contributed by atoms with van der Waals surface area (Å²) in [7, 11) is 0. The van der Waals surface area contributed by atoms with Crippen molar-refractivity contribution < 1.29 is 14.3 Å². The lowest BCUT2D eigenvalue weighted by molar-refractivity contribution is 0.0949. The highest BCUT2D eigenvalue weighted by molar-refractivity contribution is 5.94. The number of hydrogen-bond donors (Lipinski definition) is 2. The van der Waals surface area contributed by atoms with Gasteiger partial charge in [0.15, 0.2) is 0 Å². The van der Waals surface area contributed by atoms with Crippen LogP contribution in [0.1, 0.15) is 26.3 Å². The second kappa shape index (κ2) is 8.96. The Hall–Kier alpha value is -4.39. The number of rotatable bonds is 7. The zero-order chi connectivity index (χ0) is 21.6. The van der Waals surface area contributed by atoms with E-state index >= 15 is 0 Å². The van der Waals surface area contributed by atoms with E-state index in [9.17, 15) is 9.59 Å². The fourth-order valence-electron chi connectivity index (χ4n) is 2.97. The molecule has 4 rings (SSSR count). The van der Waals surface area contributed by atoms with Crippen molar-refractivity contribution in [2.24, 2.45) is 5.73 Å². The van der Waals surface area contributed by atoms with Gasteiger partial charge in [0.1, 0.15) is 11.5 Å². The van der Waals surface area contributed by atoms with Gasteiger partial charge in [-0.25, -0.2) is 4.68 Å². The summed E-state index contributed by atoms with van der Waals surface area (Å²) in [5.74, 6) is 0.489. The van der Waals surface area contributed by atoms with Gasteiger partial charge < -0.3 is 15.8 Å². The molecule has 0 aliphatic carbocycles. The van der Waals surface area contributed by atoms with E-state index < -0.39 is 5.91 Å². The molecule has 7 heteroatoms. The molecule has 3 N–H and O–H groups in total. The lowest BCUT2D eigenvalue weighted by Crippen LogP contribution is -2.22. The van der Waals surface area contributed by atoms with Gasteiger partial charge in [0.25, 0.3) is 5.91 Å². The molecule has 0 spiro atoms. The molecule has 0 saturated heterocycles. The highest BCUT2D eigenvalue weighted by Crippen LogP contribution is 2.22. The predicted octanol–water partition coefficient (Wildman–Crippen LogP) is 3.69. The van der Waals surface area contributed by atoms with E-state index in [4.69, 9.17) is 10.5 Å². The third-order valence-electron chi connectivity index (χ3n) is 4.65. The van der Waals surface area contributed by atoms with Crippen LogP contribution in [0.25, 0.3) is 5.69 Å². The van der Waals surface area contributed by atoms with Crippen molar-refractivity contribution >= 4 is 11.8 Å². The zero-order valence-electron chi connectivity index (χ0n) is 16.6. The molecule has 0 atom stereocenters. The normalized spacial score (nSPS) is 10.5. The maximum Gasteiger partial charge on any atom is 0.251 e.